The fourth-order valence-corrected chi connectivity index (χ4v) is 1.72. The molecule has 0 N–H and O–H groups in total. The Balaban J connectivity index is 3.23. The minimum absolute atomic E-state index is 0.691. The molecule has 0 amide bonds. The molecular weight excluding hydrogens is 305 g/mol. The van der Waals surface area contributed by atoms with Crippen molar-refractivity contribution in [2.45, 2.75) is 23.1 Å². The van der Waals surface area contributed by atoms with Crippen LogP contribution in [0.15, 0.2) is 24.3 Å². The lowest BCUT2D eigenvalue weighted by Gasteiger charge is -2.21. The van der Waals surface area contributed by atoms with E-state index in [0.29, 0.717) is 0 Å². The van der Waals surface area contributed by atoms with Crippen LogP contribution in [-0.2, 0) is 0 Å². The highest BCUT2D eigenvalue weighted by Gasteiger charge is 2.45. The molecule has 0 nitrogen and oxygen atoms in total. The molecule has 2 unspecified atom stereocenters. The Bertz CT molecular complexity index is 373. The van der Waals surface area contributed by atoms with Crippen molar-refractivity contribution in [3.8, 4) is 0 Å². The van der Waals surface area contributed by atoms with Gasteiger partial charge in [-0.2, -0.15) is 26.3 Å². The average molecular weight is 311 g/mol. The topological polar surface area (TPSA) is 0 Å². The summed E-state index contributed by atoms with van der Waals surface area (Å²) in [6, 6.07) is 4.09. The van der Waals surface area contributed by atoms with E-state index in [2.05, 4.69) is 0 Å². The van der Waals surface area contributed by atoms with Gasteiger partial charge < -0.3 is 0 Å². The number of alkyl halides is 8. The van der Waals surface area contributed by atoms with E-state index >= 15 is 0 Å². The standard InChI is InChI=1S/C10H6Cl2F6/c11-7(9(13,14)15)5-3-1-2-4-6(5)8(12)10(16,17)18/h1-4,7-8H. The number of hydrogen-bond acceptors (Lipinski definition) is 0. The molecule has 1 aromatic rings. The maximum Gasteiger partial charge on any atom is 0.408 e. The minimum Gasteiger partial charge on any atom is -0.169 e. The zero-order valence-corrected chi connectivity index (χ0v) is 10.00. The Morgan fingerprint density at radius 2 is 1.00 bits per heavy atom. The molecule has 0 spiro atoms. The second-order valence-corrected chi connectivity index (χ2v) is 4.31. The number of hydrogen-bond donors (Lipinski definition) is 0. The van der Waals surface area contributed by atoms with Crippen molar-refractivity contribution in [1.82, 2.24) is 0 Å². The first-order valence-electron chi connectivity index (χ1n) is 4.55. The molecule has 102 valence electrons. The molecule has 1 rings (SSSR count). The predicted octanol–water partition coefficient (Wildman–Crippen LogP) is 5.37. The summed E-state index contributed by atoms with van der Waals surface area (Å²) < 4.78 is 74.5. The molecule has 0 fully saturated rings. The maximum atomic E-state index is 12.4. The Hall–Kier alpha value is -0.620. The Kier molecular flexibility index (Phi) is 4.43. The molecule has 0 aliphatic rings. The van der Waals surface area contributed by atoms with E-state index in [1.165, 1.54) is 12.1 Å². The fourth-order valence-electron chi connectivity index (χ4n) is 1.33. The second-order valence-electron chi connectivity index (χ2n) is 3.44. The predicted molar refractivity (Wildman–Crippen MR) is 55.7 cm³/mol. The first kappa shape index (κ1) is 15.4. The summed E-state index contributed by atoms with van der Waals surface area (Å²) in [6.07, 6.45) is -9.69. The van der Waals surface area contributed by atoms with Crippen molar-refractivity contribution in [3.63, 3.8) is 0 Å². The zero-order chi connectivity index (χ0) is 14.1. The van der Waals surface area contributed by atoms with E-state index in [1.807, 2.05) is 0 Å². The number of rotatable bonds is 2. The lowest BCUT2D eigenvalue weighted by atomic mass is 10.0. The molecule has 0 radical (unpaired) electrons. The number of benzene rings is 1. The summed E-state index contributed by atoms with van der Waals surface area (Å²) in [5.41, 5.74) is -1.38. The average Bonchev–Trinajstić information content (AvgIpc) is 2.24. The van der Waals surface area contributed by atoms with Crippen LogP contribution < -0.4 is 0 Å². The third-order valence-corrected chi connectivity index (χ3v) is 3.08. The van der Waals surface area contributed by atoms with Crippen LogP contribution in [0, 0.1) is 0 Å². The van der Waals surface area contributed by atoms with Crippen LogP contribution in [0.25, 0.3) is 0 Å². The van der Waals surface area contributed by atoms with E-state index in [1.54, 1.807) is 0 Å². The van der Waals surface area contributed by atoms with Gasteiger partial charge in [0.05, 0.1) is 0 Å². The van der Waals surface area contributed by atoms with Crippen molar-refractivity contribution in [1.29, 1.82) is 0 Å². The molecule has 2 atom stereocenters. The Labute approximate surface area is 108 Å². The highest BCUT2D eigenvalue weighted by molar-refractivity contribution is 6.23. The van der Waals surface area contributed by atoms with Gasteiger partial charge in [0.1, 0.15) is 0 Å². The Morgan fingerprint density at radius 3 is 1.22 bits per heavy atom. The van der Waals surface area contributed by atoms with E-state index in [4.69, 9.17) is 23.2 Å². The maximum absolute atomic E-state index is 12.4. The molecule has 8 heteroatoms. The van der Waals surface area contributed by atoms with Gasteiger partial charge in [0.2, 0.25) is 0 Å². The van der Waals surface area contributed by atoms with E-state index in [9.17, 15) is 26.3 Å². The minimum atomic E-state index is -4.85. The van der Waals surface area contributed by atoms with Gasteiger partial charge in [-0.1, -0.05) is 24.3 Å². The van der Waals surface area contributed by atoms with Crippen molar-refractivity contribution >= 4 is 23.2 Å². The fraction of sp³-hybridized carbons (Fsp3) is 0.400. The van der Waals surface area contributed by atoms with Gasteiger partial charge in [0.25, 0.3) is 0 Å². The highest BCUT2D eigenvalue weighted by Crippen LogP contribution is 2.45. The van der Waals surface area contributed by atoms with Crippen molar-refractivity contribution < 1.29 is 26.3 Å². The van der Waals surface area contributed by atoms with Crippen LogP contribution in [-0.4, -0.2) is 12.4 Å². The molecule has 0 aliphatic carbocycles. The van der Waals surface area contributed by atoms with Gasteiger partial charge in [-0.25, -0.2) is 0 Å². The molecule has 0 saturated heterocycles. The smallest absolute Gasteiger partial charge is 0.169 e. The SMILES string of the molecule is FC(F)(F)C(Cl)c1ccccc1C(Cl)C(F)(F)F. The third kappa shape index (κ3) is 3.45. The van der Waals surface area contributed by atoms with Gasteiger partial charge in [-0.15, -0.1) is 23.2 Å². The van der Waals surface area contributed by atoms with Crippen LogP contribution >= 0.6 is 23.2 Å². The molecule has 0 saturated carbocycles. The summed E-state index contributed by atoms with van der Waals surface area (Å²) in [4.78, 5) is 0. The zero-order valence-electron chi connectivity index (χ0n) is 8.49. The lowest BCUT2D eigenvalue weighted by Crippen LogP contribution is -2.21. The van der Waals surface area contributed by atoms with Gasteiger partial charge in [-0.05, 0) is 11.1 Å². The molecule has 0 bridgehead atoms. The third-order valence-electron chi connectivity index (χ3n) is 2.12. The summed E-state index contributed by atoms with van der Waals surface area (Å²) in [6.45, 7) is 0. The lowest BCUT2D eigenvalue weighted by molar-refractivity contribution is -0.137. The van der Waals surface area contributed by atoms with Gasteiger partial charge >= 0.3 is 12.4 Å². The quantitative estimate of drug-likeness (QED) is 0.509. The largest absolute Gasteiger partial charge is 0.408 e. The van der Waals surface area contributed by atoms with Gasteiger partial charge in [0, 0.05) is 0 Å². The molecule has 18 heavy (non-hydrogen) atoms. The Morgan fingerprint density at radius 1 is 0.722 bits per heavy atom. The molecule has 1 aromatic carbocycles. The summed E-state index contributed by atoms with van der Waals surface area (Å²) >= 11 is 10.3. The van der Waals surface area contributed by atoms with Crippen molar-refractivity contribution in [2.75, 3.05) is 0 Å². The van der Waals surface area contributed by atoms with Crippen LogP contribution in [0.5, 0.6) is 0 Å². The summed E-state index contributed by atoms with van der Waals surface area (Å²) in [5, 5.41) is -5.06. The van der Waals surface area contributed by atoms with Crippen molar-refractivity contribution in [2.24, 2.45) is 0 Å². The first-order valence-corrected chi connectivity index (χ1v) is 5.43. The van der Waals surface area contributed by atoms with Gasteiger partial charge in [0.15, 0.2) is 10.8 Å². The van der Waals surface area contributed by atoms with Crippen LogP contribution in [0.3, 0.4) is 0 Å². The second kappa shape index (κ2) is 5.17. The highest BCUT2D eigenvalue weighted by atomic mass is 35.5. The van der Waals surface area contributed by atoms with Crippen LogP contribution in [0.2, 0.25) is 0 Å². The molecule has 0 aliphatic heterocycles. The van der Waals surface area contributed by atoms with E-state index in [-0.39, 0.29) is 0 Å². The molecular formula is C10H6Cl2F6. The van der Waals surface area contributed by atoms with E-state index < -0.39 is 34.2 Å². The van der Waals surface area contributed by atoms with Crippen LogP contribution in [0.1, 0.15) is 21.9 Å². The van der Waals surface area contributed by atoms with Crippen molar-refractivity contribution in [3.05, 3.63) is 35.4 Å². The monoisotopic (exact) mass is 310 g/mol. The molecule has 0 heterocycles. The van der Waals surface area contributed by atoms with Crippen LogP contribution in [0.4, 0.5) is 26.3 Å². The molecule has 0 aromatic heterocycles. The normalized spacial score (nSPS) is 16.4. The number of halogens is 8. The first-order chi connectivity index (χ1) is 8.05. The van der Waals surface area contributed by atoms with Gasteiger partial charge in [-0.3, -0.25) is 0 Å². The van der Waals surface area contributed by atoms with E-state index in [0.717, 1.165) is 12.1 Å². The summed E-state index contributed by atoms with van der Waals surface area (Å²) in [5.74, 6) is 0. The summed E-state index contributed by atoms with van der Waals surface area (Å²) in [7, 11) is 0.